The van der Waals surface area contributed by atoms with Gasteiger partial charge in [0.1, 0.15) is 0 Å². The molecule has 1 rings (SSSR count). The predicted octanol–water partition coefficient (Wildman–Crippen LogP) is 4.17. The van der Waals surface area contributed by atoms with Crippen LogP contribution in [-0.2, 0) is 14.2 Å². The van der Waals surface area contributed by atoms with E-state index in [4.69, 9.17) is 14.2 Å². The van der Waals surface area contributed by atoms with Crippen LogP contribution in [0.3, 0.4) is 0 Å². The van der Waals surface area contributed by atoms with Crippen LogP contribution in [0, 0.1) is 17.8 Å². The topological polar surface area (TPSA) is 27.7 Å². The van der Waals surface area contributed by atoms with Gasteiger partial charge in [0.25, 0.3) is 0 Å². The van der Waals surface area contributed by atoms with Crippen LogP contribution in [0.1, 0.15) is 60.8 Å². The van der Waals surface area contributed by atoms with Gasteiger partial charge in [-0.1, -0.05) is 41.5 Å². The van der Waals surface area contributed by atoms with Crippen molar-refractivity contribution in [2.45, 2.75) is 79.7 Å². The molecular weight excluding hydrogens is 228 g/mol. The maximum Gasteiger partial charge on any atom is 0.164 e. The van der Waals surface area contributed by atoms with Crippen LogP contribution in [-0.4, -0.2) is 18.9 Å². The summed E-state index contributed by atoms with van der Waals surface area (Å²) in [7, 11) is 0. The molecule has 0 N–H and O–H groups in total. The zero-order valence-corrected chi connectivity index (χ0v) is 12.8. The highest BCUT2D eigenvalue weighted by atomic mass is 16.9. The summed E-state index contributed by atoms with van der Waals surface area (Å²) in [6.45, 7) is 13.1. The molecule has 0 amide bonds. The molecule has 0 aliphatic carbocycles. The van der Waals surface area contributed by atoms with Crippen molar-refractivity contribution in [3.63, 3.8) is 0 Å². The quantitative estimate of drug-likeness (QED) is 0.715. The van der Waals surface area contributed by atoms with Crippen molar-refractivity contribution in [3.05, 3.63) is 0 Å². The lowest BCUT2D eigenvalue weighted by Crippen LogP contribution is -2.42. The van der Waals surface area contributed by atoms with Gasteiger partial charge in [0, 0.05) is 19.3 Å². The summed E-state index contributed by atoms with van der Waals surface area (Å²) >= 11 is 0. The number of hydrogen-bond acceptors (Lipinski definition) is 3. The van der Waals surface area contributed by atoms with Gasteiger partial charge >= 0.3 is 0 Å². The molecule has 3 nitrogen and oxygen atoms in total. The second-order valence-corrected chi connectivity index (χ2v) is 6.59. The van der Waals surface area contributed by atoms with Crippen LogP contribution in [0.25, 0.3) is 0 Å². The summed E-state index contributed by atoms with van der Waals surface area (Å²) in [6, 6.07) is 0. The average molecular weight is 258 g/mol. The minimum absolute atomic E-state index is 0.105. The Hall–Kier alpha value is -0.120. The van der Waals surface area contributed by atoms with E-state index in [1.54, 1.807) is 0 Å². The molecule has 3 heteroatoms. The first-order valence-electron chi connectivity index (χ1n) is 7.33. The lowest BCUT2D eigenvalue weighted by atomic mass is 10.1. The third-order valence-corrected chi connectivity index (χ3v) is 2.90. The molecule has 0 bridgehead atoms. The van der Waals surface area contributed by atoms with Crippen molar-refractivity contribution < 1.29 is 14.2 Å². The van der Waals surface area contributed by atoms with E-state index >= 15 is 0 Å². The summed E-state index contributed by atoms with van der Waals surface area (Å²) in [5, 5.41) is 0. The van der Waals surface area contributed by atoms with Crippen LogP contribution in [0.15, 0.2) is 0 Å². The first kappa shape index (κ1) is 15.9. The van der Waals surface area contributed by atoms with Gasteiger partial charge in [-0.05, 0) is 17.8 Å². The Morgan fingerprint density at radius 2 is 0.778 bits per heavy atom. The SMILES string of the molecule is CC(C)CC1OC(CC(C)C)OC(CC(C)C)O1. The summed E-state index contributed by atoms with van der Waals surface area (Å²) in [5.74, 6) is 1.73. The zero-order valence-electron chi connectivity index (χ0n) is 12.8. The third-order valence-electron chi connectivity index (χ3n) is 2.90. The molecular formula is C15H30O3. The first-order chi connectivity index (χ1) is 8.36. The molecule has 0 aromatic carbocycles. The van der Waals surface area contributed by atoms with E-state index in [0.29, 0.717) is 17.8 Å². The smallest absolute Gasteiger partial charge is 0.164 e. The van der Waals surface area contributed by atoms with Crippen LogP contribution in [0.4, 0.5) is 0 Å². The zero-order chi connectivity index (χ0) is 13.7. The molecule has 18 heavy (non-hydrogen) atoms. The number of hydrogen-bond donors (Lipinski definition) is 0. The molecule has 1 aliphatic rings. The minimum Gasteiger partial charge on any atom is -0.324 e. The molecule has 1 fully saturated rings. The van der Waals surface area contributed by atoms with E-state index in [1.165, 1.54) is 0 Å². The van der Waals surface area contributed by atoms with E-state index in [1.807, 2.05) is 0 Å². The van der Waals surface area contributed by atoms with E-state index < -0.39 is 0 Å². The Balaban J connectivity index is 2.54. The Kier molecular flexibility index (Phi) is 6.61. The maximum absolute atomic E-state index is 5.88. The monoisotopic (exact) mass is 258 g/mol. The molecule has 1 aliphatic heterocycles. The second kappa shape index (κ2) is 7.46. The summed E-state index contributed by atoms with van der Waals surface area (Å²) in [6.07, 6.45) is 2.50. The summed E-state index contributed by atoms with van der Waals surface area (Å²) < 4.78 is 17.6. The van der Waals surface area contributed by atoms with E-state index in [2.05, 4.69) is 41.5 Å². The molecule has 0 saturated carbocycles. The highest BCUT2D eigenvalue weighted by molar-refractivity contribution is 4.63. The lowest BCUT2D eigenvalue weighted by molar-refractivity contribution is -0.390. The molecule has 0 radical (unpaired) electrons. The number of rotatable bonds is 6. The van der Waals surface area contributed by atoms with Gasteiger partial charge in [-0.25, -0.2) is 0 Å². The molecule has 0 atom stereocenters. The fraction of sp³-hybridized carbons (Fsp3) is 1.00. The molecule has 108 valence electrons. The highest BCUT2D eigenvalue weighted by Gasteiger charge is 2.31. The van der Waals surface area contributed by atoms with Crippen molar-refractivity contribution in [1.82, 2.24) is 0 Å². The van der Waals surface area contributed by atoms with Crippen LogP contribution in [0.2, 0.25) is 0 Å². The van der Waals surface area contributed by atoms with E-state index in [9.17, 15) is 0 Å². The fourth-order valence-corrected chi connectivity index (χ4v) is 2.09. The maximum atomic E-state index is 5.88. The Morgan fingerprint density at radius 3 is 0.944 bits per heavy atom. The standard InChI is InChI=1S/C15H30O3/c1-10(2)7-13-16-14(8-11(3)4)18-15(17-13)9-12(5)6/h10-15H,7-9H2,1-6H3. The molecule has 0 spiro atoms. The normalized spacial score (nSPS) is 29.5. The van der Waals surface area contributed by atoms with Gasteiger partial charge in [0.05, 0.1) is 0 Å². The van der Waals surface area contributed by atoms with Gasteiger partial charge in [-0.2, -0.15) is 0 Å². The Morgan fingerprint density at radius 1 is 0.556 bits per heavy atom. The minimum atomic E-state index is -0.105. The van der Waals surface area contributed by atoms with Crippen molar-refractivity contribution in [2.75, 3.05) is 0 Å². The van der Waals surface area contributed by atoms with Crippen molar-refractivity contribution in [1.29, 1.82) is 0 Å². The van der Waals surface area contributed by atoms with Gasteiger partial charge in [0.15, 0.2) is 18.9 Å². The second-order valence-electron chi connectivity index (χ2n) is 6.59. The molecule has 1 saturated heterocycles. The first-order valence-corrected chi connectivity index (χ1v) is 7.33. The lowest BCUT2D eigenvalue weighted by Gasteiger charge is -2.37. The fourth-order valence-electron chi connectivity index (χ4n) is 2.09. The van der Waals surface area contributed by atoms with Crippen LogP contribution in [0.5, 0.6) is 0 Å². The summed E-state index contributed by atoms with van der Waals surface area (Å²) in [5.41, 5.74) is 0. The molecule has 0 aromatic rings. The van der Waals surface area contributed by atoms with Crippen molar-refractivity contribution >= 4 is 0 Å². The largest absolute Gasteiger partial charge is 0.324 e. The van der Waals surface area contributed by atoms with Crippen molar-refractivity contribution in [3.8, 4) is 0 Å². The van der Waals surface area contributed by atoms with Crippen molar-refractivity contribution in [2.24, 2.45) is 17.8 Å². The Labute approximate surface area is 112 Å². The molecule has 1 heterocycles. The third kappa shape index (κ3) is 6.17. The van der Waals surface area contributed by atoms with Gasteiger partial charge in [0.2, 0.25) is 0 Å². The predicted molar refractivity (Wildman–Crippen MR) is 73.0 cm³/mol. The van der Waals surface area contributed by atoms with Crippen LogP contribution < -0.4 is 0 Å². The van der Waals surface area contributed by atoms with E-state index in [0.717, 1.165) is 19.3 Å². The van der Waals surface area contributed by atoms with Gasteiger partial charge in [-0.15, -0.1) is 0 Å². The highest BCUT2D eigenvalue weighted by Crippen LogP contribution is 2.27. The van der Waals surface area contributed by atoms with Gasteiger partial charge < -0.3 is 14.2 Å². The summed E-state index contributed by atoms with van der Waals surface area (Å²) in [4.78, 5) is 0. The molecule has 0 unspecified atom stereocenters. The Bertz CT molecular complexity index is 182. The van der Waals surface area contributed by atoms with Crippen LogP contribution >= 0.6 is 0 Å². The van der Waals surface area contributed by atoms with E-state index in [-0.39, 0.29) is 18.9 Å². The molecule has 0 aromatic heterocycles. The average Bonchev–Trinajstić information content (AvgIpc) is 2.12. The number of ether oxygens (including phenoxy) is 3. The van der Waals surface area contributed by atoms with Gasteiger partial charge in [-0.3, -0.25) is 0 Å².